The molecule has 0 aliphatic carbocycles. The lowest BCUT2D eigenvalue weighted by atomic mass is 9.97. The Morgan fingerprint density at radius 3 is 3.00 bits per heavy atom. The Bertz CT molecular complexity index is 403. The van der Waals surface area contributed by atoms with Gasteiger partial charge in [0.1, 0.15) is 0 Å². The van der Waals surface area contributed by atoms with E-state index in [1.165, 1.54) is 6.07 Å². The van der Waals surface area contributed by atoms with E-state index in [-0.39, 0.29) is 10.6 Å². The maximum absolute atomic E-state index is 10.9. The van der Waals surface area contributed by atoms with Gasteiger partial charge in [-0.05, 0) is 44.0 Å². The minimum atomic E-state index is -0.339. The van der Waals surface area contributed by atoms with Crippen LogP contribution in [0.3, 0.4) is 0 Å². The summed E-state index contributed by atoms with van der Waals surface area (Å²) in [6.45, 7) is 1.93. The molecule has 1 N–H and O–H groups in total. The first-order valence-corrected chi connectivity index (χ1v) is 5.68. The molecule has 1 saturated heterocycles. The summed E-state index contributed by atoms with van der Waals surface area (Å²) in [6.07, 6.45) is 1.80. The second kappa shape index (κ2) is 4.80. The van der Waals surface area contributed by atoms with Crippen molar-refractivity contribution in [2.75, 3.05) is 13.1 Å². The number of hydrogen-bond acceptors (Lipinski definition) is 3. The standard InChI is InChI=1S/C11H13ClN2O2/c12-10-1-2-11(14(15)16)9(6-10)5-8-3-4-13-7-8/h1-2,6,8,13H,3-5,7H2. The van der Waals surface area contributed by atoms with Crippen molar-refractivity contribution in [3.8, 4) is 0 Å². The SMILES string of the molecule is O=[N+]([O-])c1ccc(Cl)cc1CC1CCNC1. The molecule has 1 atom stereocenters. The Labute approximate surface area is 98.8 Å². The number of nitrogens with one attached hydrogen (secondary N) is 1. The Kier molecular flexibility index (Phi) is 3.41. The summed E-state index contributed by atoms with van der Waals surface area (Å²) in [5.74, 6) is 0.483. The van der Waals surface area contributed by atoms with E-state index in [9.17, 15) is 10.1 Å². The van der Waals surface area contributed by atoms with E-state index in [1.54, 1.807) is 12.1 Å². The maximum Gasteiger partial charge on any atom is 0.272 e. The number of hydrogen-bond donors (Lipinski definition) is 1. The number of nitrogens with zero attached hydrogens (tertiary/aromatic N) is 1. The third-order valence-corrected chi connectivity index (χ3v) is 3.14. The molecule has 1 aliphatic heterocycles. The molecule has 1 aromatic rings. The highest BCUT2D eigenvalue weighted by Gasteiger charge is 2.20. The largest absolute Gasteiger partial charge is 0.316 e. The first-order chi connectivity index (χ1) is 7.66. The highest BCUT2D eigenvalue weighted by molar-refractivity contribution is 6.30. The number of benzene rings is 1. The molecule has 0 spiro atoms. The number of halogens is 1. The Morgan fingerprint density at radius 2 is 2.38 bits per heavy atom. The van der Waals surface area contributed by atoms with E-state index < -0.39 is 0 Å². The fraction of sp³-hybridized carbons (Fsp3) is 0.455. The van der Waals surface area contributed by atoms with E-state index >= 15 is 0 Å². The third-order valence-electron chi connectivity index (χ3n) is 2.91. The van der Waals surface area contributed by atoms with Crippen LogP contribution in [0.1, 0.15) is 12.0 Å². The van der Waals surface area contributed by atoms with Gasteiger partial charge < -0.3 is 5.32 Å². The van der Waals surface area contributed by atoms with Gasteiger partial charge in [-0.25, -0.2) is 0 Å². The van der Waals surface area contributed by atoms with Gasteiger partial charge in [-0.15, -0.1) is 0 Å². The fourth-order valence-electron chi connectivity index (χ4n) is 2.10. The van der Waals surface area contributed by atoms with Gasteiger partial charge in [-0.2, -0.15) is 0 Å². The Balaban J connectivity index is 2.22. The van der Waals surface area contributed by atoms with Crippen molar-refractivity contribution >= 4 is 17.3 Å². The number of nitro groups is 1. The monoisotopic (exact) mass is 240 g/mol. The Hall–Kier alpha value is -1.13. The van der Waals surface area contributed by atoms with Crippen LogP contribution in [0, 0.1) is 16.0 Å². The van der Waals surface area contributed by atoms with Crippen molar-refractivity contribution < 1.29 is 4.92 Å². The minimum Gasteiger partial charge on any atom is -0.316 e. The molecule has 1 fully saturated rings. The zero-order valence-corrected chi connectivity index (χ0v) is 9.54. The lowest BCUT2D eigenvalue weighted by molar-refractivity contribution is -0.385. The average molecular weight is 241 g/mol. The van der Waals surface area contributed by atoms with Gasteiger partial charge in [0, 0.05) is 16.7 Å². The van der Waals surface area contributed by atoms with Crippen LogP contribution in [-0.2, 0) is 6.42 Å². The zero-order chi connectivity index (χ0) is 11.5. The van der Waals surface area contributed by atoms with E-state index in [2.05, 4.69) is 5.32 Å². The molecule has 0 saturated carbocycles. The molecule has 1 aromatic carbocycles. The molecule has 0 bridgehead atoms. The van der Waals surface area contributed by atoms with Crippen LogP contribution in [0.15, 0.2) is 18.2 Å². The van der Waals surface area contributed by atoms with Gasteiger partial charge in [0.15, 0.2) is 0 Å². The predicted octanol–water partition coefficient (Wildman–Crippen LogP) is 2.40. The Morgan fingerprint density at radius 1 is 1.56 bits per heavy atom. The van der Waals surface area contributed by atoms with Crippen molar-refractivity contribution in [2.24, 2.45) is 5.92 Å². The first kappa shape index (κ1) is 11.4. The summed E-state index contributed by atoms with van der Waals surface area (Å²) in [6, 6.07) is 4.76. The molecular formula is C11H13ClN2O2. The molecule has 16 heavy (non-hydrogen) atoms. The molecular weight excluding hydrogens is 228 g/mol. The van der Waals surface area contributed by atoms with Gasteiger partial charge in [-0.1, -0.05) is 11.6 Å². The maximum atomic E-state index is 10.9. The molecule has 1 aliphatic rings. The second-order valence-electron chi connectivity index (χ2n) is 4.09. The quantitative estimate of drug-likeness (QED) is 0.652. The summed E-state index contributed by atoms with van der Waals surface area (Å²) < 4.78 is 0. The lowest BCUT2D eigenvalue weighted by Gasteiger charge is -2.08. The van der Waals surface area contributed by atoms with E-state index in [0.717, 1.165) is 31.5 Å². The van der Waals surface area contributed by atoms with Crippen LogP contribution in [0.25, 0.3) is 0 Å². The summed E-state index contributed by atoms with van der Waals surface area (Å²) in [7, 11) is 0. The first-order valence-electron chi connectivity index (χ1n) is 5.30. The number of rotatable bonds is 3. The zero-order valence-electron chi connectivity index (χ0n) is 8.78. The summed E-state index contributed by atoms with van der Waals surface area (Å²) in [5.41, 5.74) is 0.919. The van der Waals surface area contributed by atoms with Crippen molar-refractivity contribution in [2.45, 2.75) is 12.8 Å². The van der Waals surface area contributed by atoms with Crippen LogP contribution in [0.2, 0.25) is 5.02 Å². The highest BCUT2D eigenvalue weighted by Crippen LogP contribution is 2.26. The van der Waals surface area contributed by atoms with Gasteiger partial charge in [0.05, 0.1) is 4.92 Å². The van der Waals surface area contributed by atoms with Crippen molar-refractivity contribution in [3.05, 3.63) is 38.9 Å². The molecule has 2 rings (SSSR count). The topological polar surface area (TPSA) is 55.2 Å². The van der Waals surface area contributed by atoms with Crippen LogP contribution in [0.5, 0.6) is 0 Å². The minimum absolute atomic E-state index is 0.177. The van der Waals surface area contributed by atoms with Crippen LogP contribution < -0.4 is 5.32 Å². The van der Waals surface area contributed by atoms with Gasteiger partial charge in [0.25, 0.3) is 5.69 Å². The van der Waals surface area contributed by atoms with Crippen molar-refractivity contribution in [1.29, 1.82) is 0 Å². The normalized spacial score (nSPS) is 19.9. The lowest BCUT2D eigenvalue weighted by Crippen LogP contribution is -2.11. The third kappa shape index (κ3) is 2.51. The van der Waals surface area contributed by atoms with Crippen LogP contribution in [0.4, 0.5) is 5.69 Å². The molecule has 1 heterocycles. The molecule has 0 aromatic heterocycles. The molecule has 0 amide bonds. The van der Waals surface area contributed by atoms with E-state index in [1.807, 2.05) is 0 Å². The average Bonchev–Trinajstić information content (AvgIpc) is 2.70. The molecule has 0 radical (unpaired) electrons. The molecule has 4 nitrogen and oxygen atoms in total. The molecule has 86 valence electrons. The van der Waals surface area contributed by atoms with E-state index in [0.29, 0.717) is 10.9 Å². The summed E-state index contributed by atoms with van der Waals surface area (Å²) >= 11 is 5.87. The summed E-state index contributed by atoms with van der Waals surface area (Å²) in [4.78, 5) is 10.5. The highest BCUT2D eigenvalue weighted by atomic mass is 35.5. The second-order valence-corrected chi connectivity index (χ2v) is 4.53. The smallest absolute Gasteiger partial charge is 0.272 e. The predicted molar refractivity (Wildman–Crippen MR) is 62.8 cm³/mol. The van der Waals surface area contributed by atoms with Crippen LogP contribution in [-0.4, -0.2) is 18.0 Å². The fourth-order valence-corrected chi connectivity index (χ4v) is 2.29. The molecule has 5 heteroatoms. The number of nitro benzene ring substituents is 1. The van der Waals surface area contributed by atoms with Gasteiger partial charge >= 0.3 is 0 Å². The van der Waals surface area contributed by atoms with E-state index in [4.69, 9.17) is 11.6 Å². The van der Waals surface area contributed by atoms with Crippen molar-refractivity contribution in [3.63, 3.8) is 0 Å². The van der Waals surface area contributed by atoms with Gasteiger partial charge in [0.2, 0.25) is 0 Å². The van der Waals surface area contributed by atoms with Crippen molar-refractivity contribution in [1.82, 2.24) is 5.32 Å². The summed E-state index contributed by atoms with van der Waals surface area (Å²) in [5, 5.41) is 14.7. The van der Waals surface area contributed by atoms with Gasteiger partial charge in [-0.3, -0.25) is 10.1 Å². The molecule has 1 unspecified atom stereocenters. The van der Waals surface area contributed by atoms with Crippen LogP contribution >= 0.6 is 11.6 Å².